The van der Waals surface area contributed by atoms with Gasteiger partial charge in [0, 0.05) is 23.2 Å². The van der Waals surface area contributed by atoms with Gasteiger partial charge in [0.05, 0.1) is 11.6 Å². The van der Waals surface area contributed by atoms with Gasteiger partial charge in [-0.1, -0.05) is 36.4 Å². The lowest BCUT2D eigenvalue weighted by Crippen LogP contribution is -2.38. The molecule has 0 heterocycles. The van der Waals surface area contributed by atoms with Gasteiger partial charge in [0.25, 0.3) is 0 Å². The maximum Gasteiger partial charge on any atom is 0.323 e. The molecule has 0 spiro atoms. The molecule has 168 valence electrons. The highest BCUT2D eigenvalue weighted by molar-refractivity contribution is 6.01. The van der Waals surface area contributed by atoms with Crippen molar-refractivity contribution in [2.75, 3.05) is 10.6 Å². The van der Waals surface area contributed by atoms with E-state index in [9.17, 15) is 23.2 Å². The molecule has 3 N–H and O–H groups in total. The standard InChI is InChI=1S/C25H20F2N2O4/c26-17-7-12-22(21(27)13-17)29-25(33)28-18-8-5-15(6-9-18)14-1-3-16(4-2-14)23(30)19-10-11-20(19)24(31)32/h1-9,12-13,19-20H,10-11H2,(H,31,32)(H2,28,29,33). The summed E-state index contributed by atoms with van der Waals surface area (Å²) >= 11 is 0. The van der Waals surface area contributed by atoms with Gasteiger partial charge in [-0.15, -0.1) is 0 Å². The summed E-state index contributed by atoms with van der Waals surface area (Å²) in [7, 11) is 0. The number of carboxylic acid groups (broad SMARTS) is 1. The van der Waals surface area contributed by atoms with E-state index in [0.29, 0.717) is 30.2 Å². The molecule has 2 amide bonds. The number of urea groups is 1. The monoisotopic (exact) mass is 450 g/mol. The largest absolute Gasteiger partial charge is 0.481 e. The van der Waals surface area contributed by atoms with Crippen LogP contribution in [0.4, 0.5) is 25.0 Å². The van der Waals surface area contributed by atoms with Gasteiger partial charge >= 0.3 is 12.0 Å². The quantitative estimate of drug-likeness (QED) is 0.428. The maximum atomic E-state index is 13.7. The van der Waals surface area contributed by atoms with Crippen molar-refractivity contribution in [1.29, 1.82) is 0 Å². The fourth-order valence-corrected chi connectivity index (χ4v) is 3.77. The lowest BCUT2D eigenvalue weighted by atomic mass is 9.70. The highest BCUT2D eigenvalue weighted by Gasteiger charge is 2.41. The first-order chi connectivity index (χ1) is 15.8. The summed E-state index contributed by atoms with van der Waals surface area (Å²) in [5.74, 6) is -3.76. The van der Waals surface area contributed by atoms with E-state index in [4.69, 9.17) is 5.11 Å². The number of benzene rings is 3. The van der Waals surface area contributed by atoms with Crippen LogP contribution in [0.25, 0.3) is 11.1 Å². The van der Waals surface area contributed by atoms with E-state index in [-0.39, 0.29) is 11.5 Å². The Balaban J connectivity index is 1.38. The Morgan fingerprint density at radius 2 is 1.39 bits per heavy atom. The predicted molar refractivity (Wildman–Crippen MR) is 119 cm³/mol. The molecule has 0 radical (unpaired) electrons. The van der Waals surface area contributed by atoms with Crippen molar-refractivity contribution < 1.29 is 28.3 Å². The van der Waals surface area contributed by atoms with Crippen LogP contribution >= 0.6 is 0 Å². The summed E-state index contributed by atoms with van der Waals surface area (Å²) in [5, 5.41) is 14.0. The second-order valence-electron chi connectivity index (χ2n) is 7.85. The summed E-state index contributed by atoms with van der Waals surface area (Å²) in [6, 6.07) is 16.0. The van der Waals surface area contributed by atoms with Crippen molar-refractivity contribution in [3.63, 3.8) is 0 Å². The average molecular weight is 450 g/mol. The highest BCUT2D eigenvalue weighted by atomic mass is 19.1. The average Bonchev–Trinajstić information content (AvgIpc) is 2.75. The summed E-state index contributed by atoms with van der Waals surface area (Å²) in [4.78, 5) is 35.8. The first-order valence-electron chi connectivity index (χ1n) is 10.3. The molecule has 0 aliphatic heterocycles. The van der Waals surface area contributed by atoms with E-state index in [1.807, 2.05) is 0 Å². The van der Waals surface area contributed by atoms with Crippen LogP contribution in [0, 0.1) is 23.5 Å². The molecule has 4 rings (SSSR count). The van der Waals surface area contributed by atoms with Gasteiger partial charge in [0.15, 0.2) is 5.78 Å². The minimum absolute atomic E-state index is 0.142. The number of halogens is 2. The highest BCUT2D eigenvalue weighted by Crippen LogP contribution is 2.37. The van der Waals surface area contributed by atoms with Crippen LogP contribution < -0.4 is 10.6 Å². The summed E-state index contributed by atoms with van der Waals surface area (Å²) < 4.78 is 26.6. The van der Waals surface area contributed by atoms with Crippen LogP contribution in [0.2, 0.25) is 0 Å². The number of hydrogen-bond acceptors (Lipinski definition) is 3. The molecule has 8 heteroatoms. The van der Waals surface area contributed by atoms with Gasteiger partial charge in [-0.3, -0.25) is 9.59 Å². The molecular weight excluding hydrogens is 430 g/mol. The number of ketones is 1. The van der Waals surface area contributed by atoms with E-state index < -0.39 is 35.5 Å². The van der Waals surface area contributed by atoms with Gasteiger partial charge in [-0.2, -0.15) is 0 Å². The molecule has 0 aromatic heterocycles. The van der Waals surface area contributed by atoms with Crippen LogP contribution in [-0.4, -0.2) is 22.9 Å². The first kappa shape index (κ1) is 22.1. The Bertz CT molecular complexity index is 1210. The van der Waals surface area contributed by atoms with E-state index in [2.05, 4.69) is 10.6 Å². The maximum absolute atomic E-state index is 13.7. The zero-order chi connectivity index (χ0) is 23.5. The molecule has 0 bridgehead atoms. The molecule has 0 saturated heterocycles. The lowest BCUT2D eigenvalue weighted by Gasteiger charge is -2.31. The third kappa shape index (κ3) is 4.90. The Hall–Kier alpha value is -4.07. The number of carbonyl (C=O) groups is 3. The van der Waals surface area contributed by atoms with E-state index in [0.717, 1.165) is 23.3 Å². The number of anilines is 2. The zero-order valence-corrected chi connectivity index (χ0v) is 17.3. The van der Waals surface area contributed by atoms with Crippen LogP contribution in [-0.2, 0) is 4.79 Å². The van der Waals surface area contributed by atoms with Gasteiger partial charge < -0.3 is 15.7 Å². The number of carboxylic acids is 1. The number of Topliss-reactive ketones (excluding diaryl/α,β-unsaturated/α-hetero) is 1. The Labute approximate surface area is 188 Å². The Kier molecular flexibility index (Phi) is 6.17. The van der Waals surface area contributed by atoms with Crippen molar-refractivity contribution in [3.8, 4) is 11.1 Å². The molecule has 3 aromatic carbocycles. The van der Waals surface area contributed by atoms with Crippen molar-refractivity contribution in [2.45, 2.75) is 12.8 Å². The topological polar surface area (TPSA) is 95.5 Å². The normalized spacial score (nSPS) is 17.0. The lowest BCUT2D eigenvalue weighted by molar-refractivity contribution is -0.146. The smallest absolute Gasteiger partial charge is 0.323 e. The molecule has 1 aliphatic carbocycles. The fraction of sp³-hybridized carbons (Fsp3) is 0.160. The number of rotatable bonds is 6. The zero-order valence-electron chi connectivity index (χ0n) is 17.3. The number of nitrogens with one attached hydrogen (secondary N) is 2. The number of hydrogen-bond donors (Lipinski definition) is 3. The third-order valence-corrected chi connectivity index (χ3v) is 5.75. The van der Waals surface area contributed by atoms with E-state index in [1.54, 1.807) is 48.5 Å². The van der Waals surface area contributed by atoms with Crippen molar-refractivity contribution in [3.05, 3.63) is 83.9 Å². The molecule has 2 unspecified atom stereocenters. The second kappa shape index (κ2) is 9.20. The van der Waals surface area contributed by atoms with Crippen LogP contribution in [0.5, 0.6) is 0 Å². The second-order valence-corrected chi connectivity index (χ2v) is 7.85. The van der Waals surface area contributed by atoms with Crippen LogP contribution in [0.3, 0.4) is 0 Å². The first-order valence-corrected chi connectivity index (χ1v) is 10.3. The molecule has 1 aliphatic rings. The number of aliphatic carboxylic acids is 1. The Morgan fingerprint density at radius 1 is 0.788 bits per heavy atom. The molecule has 1 saturated carbocycles. The number of carbonyl (C=O) groups excluding carboxylic acids is 2. The van der Waals surface area contributed by atoms with Crippen LogP contribution in [0.1, 0.15) is 23.2 Å². The molecule has 3 aromatic rings. The minimum atomic E-state index is -0.929. The molecule has 33 heavy (non-hydrogen) atoms. The SMILES string of the molecule is O=C(Nc1ccc(-c2ccc(C(=O)C3CCC3C(=O)O)cc2)cc1)Nc1ccc(F)cc1F. The van der Waals surface area contributed by atoms with E-state index >= 15 is 0 Å². The van der Waals surface area contributed by atoms with Gasteiger partial charge in [-0.05, 0) is 48.2 Å². The van der Waals surface area contributed by atoms with Crippen molar-refractivity contribution in [2.24, 2.45) is 11.8 Å². The molecule has 1 fully saturated rings. The van der Waals surface area contributed by atoms with Crippen molar-refractivity contribution >= 4 is 29.2 Å². The van der Waals surface area contributed by atoms with Crippen molar-refractivity contribution in [1.82, 2.24) is 0 Å². The van der Waals surface area contributed by atoms with Gasteiger partial charge in [-0.25, -0.2) is 13.6 Å². The summed E-state index contributed by atoms with van der Waals surface area (Å²) in [6.45, 7) is 0. The van der Waals surface area contributed by atoms with E-state index in [1.165, 1.54) is 0 Å². The Morgan fingerprint density at radius 3 is 1.94 bits per heavy atom. The molecule has 6 nitrogen and oxygen atoms in total. The van der Waals surface area contributed by atoms with Gasteiger partial charge in [0.1, 0.15) is 11.6 Å². The summed E-state index contributed by atoms with van der Waals surface area (Å²) in [6.07, 6.45) is 1.12. The number of amides is 2. The predicted octanol–water partition coefficient (Wildman–Crippen LogP) is 5.57. The van der Waals surface area contributed by atoms with Crippen LogP contribution in [0.15, 0.2) is 66.7 Å². The van der Waals surface area contributed by atoms with Gasteiger partial charge in [0.2, 0.25) is 0 Å². The minimum Gasteiger partial charge on any atom is -0.481 e. The fourth-order valence-electron chi connectivity index (χ4n) is 3.77. The summed E-state index contributed by atoms with van der Waals surface area (Å²) in [5.41, 5.74) is 2.50. The molecular formula is C25H20F2N2O4. The molecule has 2 atom stereocenters. The third-order valence-electron chi connectivity index (χ3n) is 5.75.